The molecule has 0 spiro atoms. The molecule has 0 unspecified atom stereocenters. The lowest BCUT2D eigenvalue weighted by Crippen LogP contribution is -2.30. The van der Waals surface area contributed by atoms with Gasteiger partial charge in [-0.3, -0.25) is 19.0 Å². The average molecular weight is 396 g/mol. The van der Waals surface area contributed by atoms with Crippen LogP contribution < -0.4 is 11.1 Å². The van der Waals surface area contributed by atoms with E-state index >= 15 is 0 Å². The van der Waals surface area contributed by atoms with E-state index in [1.54, 1.807) is 48.5 Å². The Kier molecular flexibility index (Phi) is 5.92. The fraction of sp³-hybridized carbons (Fsp3) is 0.238. The summed E-state index contributed by atoms with van der Waals surface area (Å²) in [6, 6.07) is 13.4. The predicted octanol–water partition coefficient (Wildman–Crippen LogP) is 2.76. The van der Waals surface area contributed by atoms with Crippen molar-refractivity contribution in [2.24, 2.45) is 0 Å². The summed E-state index contributed by atoms with van der Waals surface area (Å²) < 4.78 is 11.6. The number of ether oxygens (including phenoxy) is 1. The van der Waals surface area contributed by atoms with Crippen LogP contribution in [0.25, 0.3) is 11.1 Å². The number of aryl methyl sites for hydroxylation is 1. The van der Waals surface area contributed by atoms with Crippen molar-refractivity contribution in [2.45, 2.75) is 32.9 Å². The van der Waals surface area contributed by atoms with Gasteiger partial charge in [0, 0.05) is 17.8 Å². The van der Waals surface area contributed by atoms with Gasteiger partial charge in [0.1, 0.15) is 0 Å². The van der Waals surface area contributed by atoms with E-state index < -0.39 is 23.7 Å². The first-order valence-corrected chi connectivity index (χ1v) is 9.05. The van der Waals surface area contributed by atoms with Crippen LogP contribution in [0.15, 0.2) is 57.7 Å². The van der Waals surface area contributed by atoms with E-state index in [-0.39, 0.29) is 18.7 Å². The van der Waals surface area contributed by atoms with Gasteiger partial charge in [-0.1, -0.05) is 24.3 Å². The Balaban J connectivity index is 1.56. The number of oxazole rings is 1. The first kappa shape index (κ1) is 20.1. The van der Waals surface area contributed by atoms with Crippen molar-refractivity contribution in [2.75, 3.05) is 5.32 Å². The normalized spacial score (nSPS) is 11.8. The van der Waals surface area contributed by atoms with Gasteiger partial charge in [0.25, 0.3) is 5.91 Å². The molecule has 3 rings (SSSR count). The van der Waals surface area contributed by atoms with Gasteiger partial charge < -0.3 is 14.5 Å². The molecule has 29 heavy (non-hydrogen) atoms. The maximum absolute atomic E-state index is 12.2. The Bertz CT molecular complexity index is 1130. The van der Waals surface area contributed by atoms with Gasteiger partial charge in [0.05, 0.1) is 11.9 Å². The minimum atomic E-state index is -1.04. The Morgan fingerprint density at radius 3 is 2.66 bits per heavy atom. The summed E-state index contributed by atoms with van der Waals surface area (Å²) >= 11 is 0. The molecule has 1 N–H and O–H groups in total. The number of esters is 1. The number of hydrogen-bond acceptors (Lipinski definition) is 6. The van der Waals surface area contributed by atoms with E-state index in [1.807, 2.05) is 0 Å². The fourth-order valence-corrected chi connectivity index (χ4v) is 2.80. The fourth-order valence-electron chi connectivity index (χ4n) is 2.80. The summed E-state index contributed by atoms with van der Waals surface area (Å²) in [5.74, 6) is -1.83. The lowest BCUT2D eigenvalue weighted by molar-refractivity contribution is -0.153. The van der Waals surface area contributed by atoms with Crippen LogP contribution in [0.3, 0.4) is 0 Å². The molecule has 2 aromatic carbocycles. The molecular weight excluding hydrogens is 376 g/mol. The Morgan fingerprint density at radius 1 is 1.14 bits per heavy atom. The maximum atomic E-state index is 12.2. The third kappa shape index (κ3) is 4.78. The molecule has 0 aliphatic heterocycles. The van der Waals surface area contributed by atoms with Crippen LogP contribution in [-0.2, 0) is 20.9 Å². The van der Waals surface area contributed by atoms with E-state index in [9.17, 15) is 19.2 Å². The van der Waals surface area contributed by atoms with Gasteiger partial charge in [-0.2, -0.15) is 0 Å². The Morgan fingerprint density at radius 2 is 1.90 bits per heavy atom. The summed E-state index contributed by atoms with van der Waals surface area (Å²) in [6.45, 7) is 2.95. The third-order valence-corrected chi connectivity index (χ3v) is 4.33. The molecule has 0 aliphatic rings. The molecule has 150 valence electrons. The van der Waals surface area contributed by atoms with Crippen molar-refractivity contribution in [3.63, 3.8) is 0 Å². The molecule has 0 saturated carbocycles. The number of nitrogens with one attached hydrogen (secondary N) is 1. The highest BCUT2D eigenvalue weighted by atomic mass is 16.5. The molecule has 1 atom stereocenters. The SMILES string of the molecule is CC(=O)c1cccc(NC(=O)[C@H](C)OC(=O)CCn2c(=O)oc3ccccc32)c1. The van der Waals surface area contributed by atoms with Crippen LogP contribution in [0.4, 0.5) is 5.69 Å². The average Bonchev–Trinajstić information content (AvgIpc) is 3.01. The zero-order valence-corrected chi connectivity index (χ0v) is 16.0. The van der Waals surface area contributed by atoms with Crippen LogP contribution in [0, 0.1) is 0 Å². The van der Waals surface area contributed by atoms with Gasteiger partial charge in [0.15, 0.2) is 17.5 Å². The summed E-state index contributed by atoms with van der Waals surface area (Å²) in [4.78, 5) is 47.7. The molecule has 8 nitrogen and oxygen atoms in total. The van der Waals surface area contributed by atoms with E-state index in [2.05, 4.69) is 5.32 Å². The predicted molar refractivity (Wildman–Crippen MR) is 106 cm³/mol. The smallest absolute Gasteiger partial charge is 0.419 e. The standard InChI is InChI=1S/C21H20N2O6/c1-13(24)15-6-5-7-16(12-15)22-20(26)14(2)28-19(25)10-11-23-17-8-3-4-9-18(17)29-21(23)27/h3-9,12,14H,10-11H2,1-2H3,(H,22,26)/t14-/m0/s1. The second kappa shape index (κ2) is 8.55. The largest absolute Gasteiger partial charge is 0.452 e. The number of rotatable bonds is 7. The van der Waals surface area contributed by atoms with Crippen LogP contribution in [0.5, 0.6) is 0 Å². The zero-order chi connectivity index (χ0) is 21.0. The lowest BCUT2D eigenvalue weighted by Gasteiger charge is -2.14. The van der Waals surface area contributed by atoms with Crippen molar-refractivity contribution in [3.05, 3.63) is 64.6 Å². The molecule has 0 aliphatic carbocycles. The van der Waals surface area contributed by atoms with E-state index in [0.717, 1.165) is 0 Å². The molecule has 0 saturated heterocycles. The van der Waals surface area contributed by atoms with E-state index in [0.29, 0.717) is 22.4 Å². The van der Waals surface area contributed by atoms with Crippen LogP contribution in [0.1, 0.15) is 30.6 Å². The lowest BCUT2D eigenvalue weighted by atomic mass is 10.1. The molecular formula is C21H20N2O6. The maximum Gasteiger partial charge on any atom is 0.419 e. The van der Waals surface area contributed by atoms with Gasteiger partial charge in [-0.25, -0.2) is 4.79 Å². The molecule has 0 bridgehead atoms. The number of Topliss-reactive ketones (excluding diaryl/α,β-unsaturated/α-hetero) is 1. The van der Waals surface area contributed by atoms with Crippen molar-refractivity contribution in [1.29, 1.82) is 0 Å². The molecule has 1 heterocycles. The summed E-state index contributed by atoms with van der Waals surface area (Å²) in [6.07, 6.45) is -1.14. The second-order valence-electron chi connectivity index (χ2n) is 6.50. The number of aromatic nitrogens is 1. The highest BCUT2D eigenvalue weighted by Crippen LogP contribution is 2.14. The third-order valence-electron chi connectivity index (χ3n) is 4.33. The first-order valence-electron chi connectivity index (χ1n) is 9.05. The quantitative estimate of drug-likeness (QED) is 0.486. The molecule has 1 amide bonds. The number of para-hydroxylation sites is 2. The second-order valence-corrected chi connectivity index (χ2v) is 6.50. The van der Waals surface area contributed by atoms with E-state index in [4.69, 9.17) is 9.15 Å². The van der Waals surface area contributed by atoms with Crippen LogP contribution >= 0.6 is 0 Å². The topological polar surface area (TPSA) is 108 Å². The summed E-state index contributed by atoms with van der Waals surface area (Å²) in [7, 11) is 0. The Labute approximate surface area is 166 Å². The minimum Gasteiger partial charge on any atom is -0.452 e. The summed E-state index contributed by atoms with van der Waals surface area (Å²) in [5, 5.41) is 2.61. The molecule has 0 fully saturated rings. The van der Waals surface area contributed by atoms with Crippen molar-refractivity contribution < 1.29 is 23.5 Å². The monoisotopic (exact) mass is 396 g/mol. The highest BCUT2D eigenvalue weighted by molar-refractivity contribution is 5.98. The first-order chi connectivity index (χ1) is 13.8. The molecule has 1 aromatic heterocycles. The van der Waals surface area contributed by atoms with Gasteiger partial charge in [-0.15, -0.1) is 0 Å². The van der Waals surface area contributed by atoms with E-state index in [1.165, 1.54) is 18.4 Å². The van der Waals surface area contributed by atoms with Crippen LogP contribution in [-0.4, -0.2) is 28.3 Å². The van der Waals surface area contributed by atoms with Gasteiger partial charge >= 0.3 is 11.7 Å². The molecule has 3 aromatic rings. The minimum absolute atomic E-state index is 0.0731. The zero-order valence-electron chi connectivity index (χ0n) is 16.0. The highest BCUT2D eigenvalue weighted by Gasteiger charge is 2.19. The van der Waals surface area contributed by atoms with Gasteiger partial charge in [0.2, 0.25) is 0 Å². The number of amides is 1. The number of carbonyl (C=O) groups excluding carboxylic acids is 3. The van der Waals surface area contributed by atoms with Gasteiger partial charge in [-0.05, 0) is 38.1 Å². The molecule has 0 radical (unpaired) electrons. The van der Waals surface area contributed by atoms with Crippen molar-refractivity contribution in [3.8, 4) is 0 Å². The summed E-state index contributed by atoms with van der Waals surface area (Å²) in [5.41, 5.74) is 1.92. The number of carbonyl (C=O) groups is 3. The number of hydrogen-bond donors (Lipinski definition) is 1. The number of ketones is 1. The van der Waals surface area contributed by atoms with Crippen molar-refractivity contribution >= 4 is 34.4 Å². The number of nitrogens with zero attached hydrogens (tertiary/aromatic N) is 1. The number of anilines is 1. The van der Waals surface area contributed by atoms with Crippen LogP contribution in [0.2, 0.25) is 0 Å². The molecule has 8 heteroatoms. The Hall–Kier alpha value is -3.68. The van der Waals surface area contributed by atoms with Crippen molar-refractivity contribution in [1.82, 2.24) is 4.57 Å². The number of fused-ring (bicyclic) bond motifs is 1. The number of benzene rings is 2.